The van der Waals surface area contributed by atoms with E-state index in [9.17, 15) is 19.4 Å². The number of azide groups is 1. The Bertz CT molecular complexity index is 460. The minimum atomic E-state index is -1.38. The fourth-order valence-electron chi connectivity index (χ4n) is 1.27. The lowest BCUT2D eigenvalue weighted by Crippen LogP contribution is -2.21. The fraction of sp³-hybridized carbons (Fsp3) is 0.300. The molecule has 0 saturated carbocycles. The Kier molecular flexibility index (Phi) is 4.59. The average Bonchev–Trinajstić information content (AvgIpc) is 2.34. The zero-order valence-electron chi connectivity index (χ0n) is 8.69. The molecule has 0 amide bonds. The van der Waals surface area contributed by atoms with E-state index in [-0.39, 0.29) is 17.7 Å². The van der Waals surface area contributed by atoms with Gasteiger partial charge in [0.25, 0.3) is 0 Å². The summed E-state index contributed by atoms with van der Waals surface area (Å²) in [5, 5.41) is 22.1. The Morgan fingerprint density at radius 3 is 2.76 bits per heavy atom. The maximum atomic E-state index is 13.2. The second kappa shape index (κ2) is 5.95. The summed E-state index contributed by atoms with van der Waals surface area (Å²) >= 11 is 0. The largest absolute Gasteiger partial charge is 0.390 e. The van der Waals surface area contributed by atoms with Crippen molar-refractivity contribution in [1.82, 2.24) is 0 Å². The molecule has 0 aliphatic carbocycles. The van der Waals surface area contributed by atoms with Gasteiger partial charge >= 0.3 is 0 Å². The van der Waals surface area contributed by atoms with Gasteiger partial charge in [-0.05, 0) is 23.2 Å². The molecule has 0 bridgehead atoms. The van der Waals surface area contributed by atoms with Crippen LogP contribution in [0, 0.1) is 5.82 Å². The first-order valence-corrected chi connectivity index (χ1v) is 4.71. The maximum Gasteiger partial charge on any atom is 0.152 e. The van der Waals surface area contributed by atoms with Crippen LogP contribution in [-0.2, 0) is 0 Å². The van der Waals surface area contributed by atoms with Gasteiger partial charge in [0.2, 0.25) is 0 Å². The Labute approximate surface area is 95.9 Å². The number of nitrogens with zero attached hydrogens (tertiary/aromatic N) is 3. The number of benzene rings is 1. The Morgan fingerprint density at radius 1 is 1.53 bits per heavy atom. The Balaban J connectivity index is 2.88. The lowest BCUT2D eigenvalue weighted by Gasteiger charge is -2.16. The number of aliphatic hydroxyl groups is 2. The van der Waals surface area contributed by atoms with Gasteiger partial charge < -0.3 is 10.2 Å². The topological polar surface area (TPSA) is 106 Å². The highest BCUT2D eigenvalue weighted by atomic mass is 19.1. The van der Waals surface area contributed by atoms with E-state index in [2.05, 4.69) is 10.0 Å². The van der Waals surface area contributed by atoms with Crippen molar-refractivity contribution in [3.63, 3.8) is 0 Å². The maximum absolute atomic E-state index is 13.2. The standard InChI is InChI=1S/C10H10FN3O3/c11-8-3-6(1-2-7(8)5-15)10(17)9(16)4-13-14-12/h1-3,5,9-10,16-17H,4H2. The molecule has 7 heteroatoms. The van der Waals surface area contributed by atoms with Crippen molar-refractivity contribution in [2.24, 2.45) is 5.11 Å². The van der Waals surface area contributed by atoms with Crippen LogP contribution in [0.25, 0.3) is 10.4 Å². The third kappa shape index (κ3) is 3.25. The number of halogens is 1. The zero-order chi connectivity index (χ0) is 12.8. The molecule has 0 aromatic heterocycles. The smallest absolute Gasteiger partial charge is 0.152 e. The molecule has 2 N–H and O–H groups in total. The van der Waals surface area contributed by atoms with E-state index >= 15 is 0 Å². The summed E-state index contributed by atoms with van der Waals surface area (Å²) in [4.78, 5) is 12.8. The quantitative estimate of drug-likeness (QED) is 0.350. The molecular formula is C10H10FN3O3. The van der Waals surface area contributed by atoms with E-state index in [1.807, 2.05) is 0 Å². The molecule has 1 rings (SSSR count). The molecule has 17 heavy (non-hydrogen) atoms. The number of carbonyl (C=O) groups excluding carboxylic acids is 1. The van der Waals surface area contributed by atoms with Crippen LogP contribution in [0.3, 0.4) is 0 Å². The van der Waals surface area contributed by atoms with Crippen LogP contribution in [0.15, 0.2) is 23.3 Å². The van der Waals surface area contributed by atoms with Crippen LogP contribution in [0.5, 0.6) is 0 Å². The van der Waals surface area contributed by atoms with Gasteiger partial charge in [-0.3, -0.25) is 4.79 Å². The molecule has 0 aliphatic rings. The summed E-state index contributed by atoms with van der Waals surface area (Å²) in [5.74, 6) is -0.785. The number of aliphatic hydroxyl groups excluding tert-OH is 2. The highest BCUT2D eigenvalue weighted by Crippen LogP contribution is 2.19. The third-order valence-electron chi connectivity index (χ3n) is 2.19. The number of hydrogen-bond donors (Lipinski definition) is 2. The first kappa shape index (κ1) is 13.1. The summed E-state index contributed by atoms with van der Waals surface area (Å²) in [5.41, 5.74) is 8.02. The predicted octanol–water partition coefficient (Wildman–Crippen LogP) is 1.34. The van der Waals surface area contributed by atoms with Crippen molar-refractivity contribution >= 4 is 6.29 Å². The zero-order valence-corrected chi connectivity index (χ0v) is 8.69. The van der Waals surface area contributed by atoms with Crippen LogP contribution in [0.2, 0.25) is 0 Å². The van der Waals surface area contributed by atoms with E-state index in [1.54, 1.807) is 0 Å². The number of carbonyl (C=O) groups is 1. The molecule has 1 aromatic carbocycles. The molecule has 0 radical (unpaired) electrons. The molecule has 2 atom stereocenters. The third-order valence-corrected chi connectivity index (χ3v) is 2.19. The van der Waals surface area contributed by atoms with Crippen LogP contribution >= 0.6 is 0 Å². The van der Waals surface area contributed by atoms with Crippen molar-refractivity contribution in [2.45, 2.75) is 12.2 Å². The van der Waals surface area contributed by atoms with Crippen LogP contribution in [-0.4, -0.2) is 29.1 Å². The highest BCUT2D eigenvalue weighted by molar-refractivity contribution is 5.75. The summed E-state index contributed by atoms with van der Waals surface area (Å²) < 4.78 is 13.2. The second-order valence-electron chi connectivity index (χ2n) is 3.32. The summed E-state index contributed by atoms with van der Waals surface area (Å²) in [6.07, 6.45) is -2.36. The van der Waals surface area contributed by atoms with Gasteiger partial charge in [-0.2, -0.15) is 0 Å². The van der Waals surface area contributed by atoms with Gasteiger partial charge in [0.05, 0.1) is 18.2 Å². The van der Waals surface area contributed by atoms with Gasteiger partial charge in [0, 0.05) is 4.91 Å². The number of hydrogen-bond acceptors (Lipinski definition) is 4. The summed E-state index contributed by atoms with van der Waals surface area (Å²) in [6, 6.07) is 3.46. The van der Waals surface area contributed by atoms with E-state index in [0.29, 0.717) is 6.29 Å². The van der Waals surface area contributed by atoms with E-state index in [4.69, 9.17) is 5.53 Å². The van der Waals surface area contributed by atoms with Gasteiger partial charge in [0.1, 0.15) is 11.9 Å². The number of aldehydes is 1. The monoisotopic (exact) mass is 239 g/mol. The molecule has 1 aromatic rings. The van der Waals surface area contributed by atoms with Gasteiger partial charge in [-0.25, -0.2) is 4.39 Å². The molecule has 0 saturated heterocycles. The predicted molar refractivity (Wildman–Crippen MR) is 56.8 cm³/mol. The van der Waals surface area contributed by atoms with Crippen molar-refractivity contribution in [3.05, 3.63) is 45.6 Å². The minimum absolute atomic E-state index is 0.105. The molecule has 0 spiro atoms. The minimum Gasteiger partial charge on any atom is -0.390 e. The Morgan fingerprint density at radius 2 is 2.24 bits per heavy atom. The number of rotatable bonds is 5. The van der Waals surface area contributed by atoms with Crippen molar-refractivity contribution in [1.29, 1.82) is 0 Å². The summed E-state index contributed by atoms with van der Waals surface area (Å²) in [6.45, 7) is -0.325. The van der Waals surface area contributed by atoms with Gasteiger partial charge in [-0.15, -0.1) is 0 Å². The fourth-order valence-corrected chi connectivity index (χ4v) is 1.27. The first-order valence-electron chi connectivity index (χ1n) is 4.71. The Hall–Kier alpha value is -1.95. The van der Waals surface area contributed by atoms with E-state index in [0.717, 1.165) is 6.07 Å². The molecule has 2 unspecified atom stereocenters. The summed E-state index contributed by atoms with van der Waals surface area (Å²) in [7, 11) is 0. The van der Waals surface area contributed by atoms with E-state index in [1.165, 1.54) is 12.1 Å². The molecule has 6 nitrogen and oxygen atoms in total. The molecule has 90 valence electrons. The molecule has 0 aliphatic heterocycles. The molecule has 0 fully saturated rings. The van der Waals surface area contributed by atoms with Crippen LogP contribution < -0.4 is 0 Å². The lowest BCUT2D eigenvalue weighted by molar-refractivity contribution is 0.0242. The van der Waals surface area contributed by atoms with Gasteiger partial charge in [0.15, 0.2) is 6.29 Å². The van der Waals surface area contributed by atoms with Gasteiger partial charge in [-0.1, -0.05) is 11.2 Å². The normalized spacial score (nSPS) is 13.6. The second-order valence-corrected chi connectivity index (χ2v) is 3.32. The van der Waals surface area contributed by atoms with E-state index < -0.39 is 18.0 Å². The lowest BCUT2D eigenvalue weighted by atomic mass is 10.0. The van der Waals surface area contributed by atoms with Crippen molar-refractivity contribution < 1.29 is 19.4 Å². The van der Waals surface area contributed by atoms with Crippen LogP contribution in [0.1, 0.15) is 22.0 Å². The SMILES string of the molecule is [N-]=[N+]=NCC(O)C(O)c1ccc(C=O)c(F)c1. The van der Waals surface area contributed by atoms with Crippen LogP contribution in [0.4, 0.5) is 4.39 Å². The average molecular weight is 239 g/mol. The highest BCUT2D eigenvalue weighted by Gasteiger charge is 2.18. The van der Waals surface area contributed by atoms with Crippen molar-refractivity contribution in [3.8, 4) is 0 Å². The van der Waals surface area contributed by atoms with Crippen molar-refractivity contribution in [2.75, 3.05) is 6.54 Å². The molecule has 0 heterocycles. The first-order chi connectivity index (χ1) is 8.10. The molecular weight excluding hydrogens is 229 g/mol.